The van der Waals surface area contributed by atoms with E-state index in [9.17, 15) is 0 Å². The van der Waals surface area contributed by atoms with E-state index in [0.717, 1.165) is 38.5 Å². The molecule has 0 amide bonds. The van der Waals surface area contributed by atoms with Gasteiger partial charge in [-0.1, -0.05) is 37.8 Å². The molecule has 5 heteroatoms. The number of rotatable bonds is 6. The second kappa shape index (κ2) is 6.48. The maximum atomic E-state index is 6.03. The largest absolute Gasteiger partial charge is 0.367 e. The summed E-state index contributed by atoms with van der Waals surface area (Å²) in [5.74, 6) is 1.23. The van der Waals surface area contributed by atoms with Crippen LogP contribution in [0.1, 0.15) is 76.6 Å². The molecule has 0 spiro atoms. The van der Waals surface area contributed by atoms with E-state index >= 15 is 0 Å². The molecule has 1 aliphatic rings. The smallest absolute Gasteiger partial charge is 0.243 e. The fourth-order valence-electron chi connectivity index (χ4n) is 2.84. The van der Waals surface area contributed by atoms with E-state index in [-0.39, 0.29) is 11.6 Å². The van der Waals surface area contributed by atoms with E-state index in [0.29, 0.717) is 18.3 Å². The first-order chi connectivity index (χ1) is 9.22. The van der Waals surface area contributed by atoms with Gasteiger partial charge in [-0.3, -0.25) is 0 Å². The Labute approximate surface area is 114 Å². The van der Waals surface area contributed by atoms with Crippen LogP contribution in [0, 0.1) is 0 Å². The van der Waals surface area contributed by atoms with E-state index < -0.39 is 0 Å². The van der Waals surface area contributed by atoms with E-state index in [1.54, 1.807) is 0 Å². The summed E-state index contributed by atoms with van der Waals surface area (Å²) in [6.07, 6.45) is 7.40. The van der Waals surface area contributed by atoms with Crippen molar-refractivity contribution >= 4 is 0 Å². The van der Waals surface area contributed by atoms with Gasteiger partial charge in [0.2, 0.25) is 11.7 Å². The van der Waals surface area contributed by atoms with Crippen LogP contribution in [-0.2, 0) is 10.3 Å². The van der Waals surface area contributed by atoms with E-state index in [2.05, 4.69) is 17.1 Å². The molecule has 1 aromatic rings. The van der Waals surface area contributed by atoms with Crippen molar-refractivity contribution < 1.29 is 9.26 Å². The average molecular weight is 267 g/mol. The quantitative estimate of drug-likeness (QED) is 0.857. The Hall–Kier alpha value is -0.940. The van der Waals surface area contributed by atoms with Gasteiger partial charge in [-0.15, -0.1) is 0 Å². The number of ether oxygens (including phenoxy) is 1. The van der Waals surface area contributed by atoms with Crippen molar-refractivity contribution in [1.29, 1.82) is 0 Å². The van der Waals surface area contributed by atoms with Gasteiger partial charge in [-0.25, -0.2) is 0 Å². The minimum atomic E-state index is -0.347. The molecule has 0 bridgehead atoms. The average Bonchev–Trinajstić information content (AvgIpc) is 2.91. The Bertz CT molecular complexity index is 380. The predicted octanol–water partition coefficient (Wildman–Crippen LogP) is 3.07. The molecule has 0 aromatic carbocycles. The Balaban J connectivity index is 2.18. The van der Waals surface area contributed by atoms with Crippen molar-refractivity contribution in [3.05, 3.63) is 11.7 Å². The second-order valence-corrected chi connectivity index (χ2v) is 5.34. The van der Waals surface area contributed by atoms with Gasteiger partial charge in [0.25, 0.3) is 0 Å². The predicted molar refractivity (Wildman–Crippen MR) is 72.5 cm³/mol. The Morgan fingerprint density at radius 2 is 2.05 bits per heavy atom. The number of nitrogens with two attached hydrogens (primary N) is 1. The summed E-state index contributed by atoms with van der Waals surface area (Å²) in [6.45, 7) is 4.78. The summed E-state index contributed by atoms with van der Waals surface area (Å²) in [5.41, 5.74) is 5.68. The molecule has 108 valence electrons. The molecule has 1 heterocycles. The van der Waals surface area contributed by atoms with Crippen LogP contribution in [0.15, 0.2) is 4.52 Å². The van der Waals surface area contributed by atoms with Gasteiger partial charge < -0.3 is 15.0 Å². The normalized spacial score (nSPS) is 20.4. The minimum Gasteiger partial charge on any atom is -0.367 e. The van der Waals surface area contributed by atoms with Crippen LogP contribution in [0.2, 0.25) is 0 Å². The highest BCUT2D eigenvalue weighted by molar-refractivity contribution is 5.04. The lowest BCUT2D eigenvalue weighted by atomic mass is 9.84. The van der Waals surface area contributed by atoms with Crippen molar-refractivity contribution in [1.82, 2.24) is 10.1 Å². The molecule has 1 atom stereocenters. The van der Waals surface area contributed by atoms with Gasteiger partial charge in [0.1, 0.15) is 5.60 Å². The summed E-state index contributed by atoms with van der Waals surface area (Å²) in [4.78, 5) is 4.52. The van der Waals surface area contributed by atoms with Gasteiger partial charge in [-0.2, -0.15) is 4.98 Å². The van der Waals surface area contributed by atoms with Crippen LogP contribution in [0.25, 0.3) is 0 Å². The Kier molecular flexibility index (Phi) is 4.93. The van der Waals surface area contributed by atoms with Gasteiger partial charge in [0.15, 0.2) is 0 Å². The summed E-state index contributed by atoms with van der Waals surface area (Å²) in [6, 6.07) is -0.159. The number of nitrogens with zero attached hydrogens (tertiary/aromatic N) is 2. The van der Waals surface area contributed by atoms with Gasteiger partial charge in [0.05, 0.1) is 6.04 Å². The lowest BCUT2D eigenvalue weighted by Gasteiger charge is -2.33. The van der Waals surface area contributed by atoms with Crippen LogP contribution in [0.4, 0.5) is 0 Å². The fraction of sp³-hybridized carbons (Fsp3) is 0.857. The van der Waals surface area contributed by atoms with Gasteiger partial charge in [0, 0.05) is 6.61 Å². The first-order valence-electron chi connectivity index (χ1n) is 7.45. The van der Waals surface area contributed by atoms with E-state index in [1.807, 2.05) is 6.92 Å². The summed E-state index contributed by atoms with van der Waals surface area (Å²) in [5, 5.41) is 4.14. The summed E-state index contributed by atoms with van der Waals surface area (Å²) >= 11 is 0. The standard InChI is InChI=1S/C14H25N3O2/c1-3-8-11(15)12-16-13(17-19-12)14(18-4-2)9-6-5-7-10-14/h11H,3-10,15H2,1-2H3/t11-/m0/s1. The first-order valence-corrected chi connectivity index (χ1v) is 7.45. The number of hydrogen-bond donors (Lipinski definition) is 1. The van der Waals surface area contributed by atoms with Crippen molar-refractivity contribution in [3.63, 3.8) is 0 Å². The zero-order chi connectivity index (χ0) is 13.7. The second-order valence-electron chi connectivity index (χ2n) is 5.34. The maximum Gasteiger partial charge on any atom is 0.243 e. The first kappa shape index (κ1) is 14.5. The fourth-order valence-corrected chi connectivity index (χ4v) is 2.84. The van der Waals surface area contributed by atoms with Gasteiger partial charge in [-0.05, 0) is 26.2 Å². The molecule has 0 unspecified atom stereocenters. The van der Waals surface area contributed by atoms with Gasteiger partial charge >= 0.3 is 0 Å². The highest BCUT2D eigenvalue weighted by Crippen LogP contribution is 2.39. The molecule has 2 N–H and O–H groups in total. The van der Waals surface area contributed by atoms with E-state index in [4.69, 9.17) is 15.0 Å². The van der Waals surface area contributed by atoms with Crippen LogP contribution < -0.4 is 5.73 Å². The molecule has 19 heavy (non-hydrogen) atoms. The molecule has 5 nitrogen and oxygen atoms in total. The Morgan fingerprint density at radius 3 is 2.68 bits per heavy atom. The molecule has 0 radical (unpaired) electrons. The zero-order valence-corrected chi connectivity index (χ0v) is 12.0. The number of hydrogen-bond acceptors (Lipinski definition) is 5. The molecule has 1 aliphatic carbocycles. The monoisotopic (exact) mass is 267 g/mol. The Morgan fingerprint density at radius 1 is 1.32 bits per heavy atom. The van der Waals surface area contributed by atoms with Crippen LogP contribution in [0.5, 0.6) is 0 Å². The minimum absolute atomic E-state index is 0.159. The van der Waals surface area contributed by atoms with Crippen LogP contribution in [-0.4, -0.2) is 16.7 Å². The van der Waals surface area contributed by atoms with Crippen LogP contribution >= 0.6 is 0 Å². The molecular formula is C14H25N3O2. The molecule has 1 fully saturated rings. The third-order valence-electron chi connectivity index (χ3n) is 3.85. The van der Waals surface area contributed by atoms with Crippen molar-refractivity contribution in [2.45, 2.75) is 70.4 Å². The molecule has 1 aromatic heterocycles. The zero-order valence-electron chi connectivity index (χ0n) is 12.0. The molecular weight excluding hydrogens is 242 g/mol. The maximum absolute atomic E-state index is 6.03. The van der Waals surface area contributed by atoms with Crippen LogP contribution in [0.3, 0.4) is 0 Å². The summed E-state index contributed by atoms with van der Waals surface area (Å²) < 4.78 is 11.3. The third-order valence-corrected chi connectivity index (χ3v) is 3.85. The van der Waals surface area contributed by atoms with E-state index in [1.165, 1.54) is 6.42 Å². The van der Waals surface area contributed by atoms with Crippen molar-refractivity contribution in [3.8, 4) is 0 Å². The highest BCUT2D eigenvalue weighted by atomic mass is 16.5. The SMILES string of the molecule is CCC[C@H](N)c1nc(C2(OCC)CCCCC2)no1. The molecule has 0 aliphatic heterocycles. The van der Waals surface area contributed by atoms with Crippen molar-refractivity contribution in [2.75, 3.05) is 6.61 Å². The number of aromatic nitrogens is 2. The topological polar surface area (TPSA) is 74.2 Å². The molecule has 0 saturated heterocycles. The summed E-state index contributed by atoms with van der Waals surface area (Å²) in [7, 11) is 0. The highest BCUT2D eigenvalue weighted by Gasteiger charge is 2.39. The third kappa shape index (κ3) is 3.15. The lowest BCUT2D eigenvalue weighted by Crippen LogP contribution is -2.33. The lowest BCUT2D eigenvalue weighted by molar-refractivity contribution is -0.0777. The molecule has 2 rings (SSSR count). The molecule has 1 saturated carbocycles. The van der Waals surface area contributed by atoms with Crippen molar-refractivity contribution in [2.24, 2.45) is 5.73 Å².